The molecule has 11 nitrogen and oxygen atoms in total. The average Bonchev–Trinajstić information content (AvgIpc) is 3.68. The van der Waals surface area contributed by atoms with Gasteiger partial charge in [-0.05, 0) is 76.6 Å². The van der Waals surface area contributed by atoms with Crippen molar-refractivity contribution in [1.29, 1.82) is 0 Å². The molecule has 4 aromatic rings. The Labute approximate surface area is 290 Å². The molecule has 5 rings (SSSR count). The molecule has 0 aliphatic carbocycles. The number of aromatic nitrogens is 4. The van der Waals surface area contributed by atoms with Crippen molar-refractivity contribution >= 4 is 69.9 Å². The van der Waals surface area contributed by atoms with E-state index in [-0.39, 0.29) is 24.4 Å². The van der Waals surface area contributed by atoms with Crippen LogP contribution in [0.1, 0.15) is 45.7 Å². The number of halogens is 4. The molecule has 1 aliphatic rings. The molecule has 0 radical (unpaired) electrons. The highest BCUT2D eigenvalue weighted by Gasteiger charge is 2.42. The number of rotatable bonds is 8. The van der Waals surface area contributed by atoms with Crippen molar-refractivity contribution in [1.82, 2.24) is 19.6 Å². The standard InChI is InChI=1S/C17H18Cl2N2O4.C15H12Cl2N2O3/c1-4-24-16(23)17(2,3)25-15(22)8-11-7-13(5-6-14(11)19)21-10-12(18)9-20-21;1-15(2)13(20)12(14(21)22-15)10-5-9(3-4-11(10)17)19-7-8(16)6-18-19/h5-7,9-10H,4,8H2,1-3H3;3-7,20H,1-2H3. The molecule has 2 aromatic heterocycles. The first-order chi connectivity index (χ1) is 22.0. The Morgan fingerprint density at radius 3 is 1.98 bits per heavy atom. The molecule has 15 heteroatoms. The number of benzene rings is 2. The maximum Gasteiger partial charge on any atom is 0.349 e. The first-order valence-electron chi connectivity index (χ1n) is 14.1. The van der Waals surface area contributed by atoms with E-state index >= 15 is 0 Å². The van der Waals surface area contributed by atoms with Crippen LogP contribution in [-0.2, 0) is 35.0 Å². The average molecular weight is 724 g/mol. The van der Waals surface area contributed by atoms with Crippen LogP contribution < -0.4 is 0 Å². The van der Waals surface area contributed by atoms with Crippen LogP contribution in [0.15, 0.2) is 66.9 Å². The van der Waals surface area contributed by atoms with Crippen molar-refractivity contribution in [3.05, 3.63) is 98.2 Å². The summed E-state index contributed by atoms with van der Waals surface area (Å²) in [4.78, 5) is 36.1. The van der Waals surface area contributed by atoms with Crippen molar-refractivity contribution in [3.8, 4) is 11.4 Å². The molecule has 0 bridgehead atoms. The number of carbonyl (C=O) groups is 3. The molecule has 0 unspecified atom stereocenters. The van der Waals surface area contributed by atoms with Crippen molar-refractivity contribution in [2.45, 2.75) is 52.2 Å². The Morgan fingerprint density at radius 1 is 0.936 bits per heavy atom. The quantitative estimate of drug-likeness (QED) is 0.146. The third-order valence-corrected chi connectivity index (χ3v) is 7.80. The number of aliphatic hydroxyl groups excluding tert-OH is 1. The third kappa shape index (κ3) is 8.47. The Balaban J connectivity index is 0.000000214. The number of ether oxygens (including phenoxy) is 3. The third-order valence-electron chi connectivity index (χ3n) is 6.71. The van der Waals surface area contributed by atoms with E-state index < -0.39 is 29.1 Å². The molecule has 47 heavy (non-hydrogen) atoms. The van der Waals surface area contributed by atoms with Gasteiger partial charge in [0, 0.05) is 28.0 Å². The second kappa shape index (κ2) is 14.4. The van der Waals surface area contributed by atoms with Crippen molar-refractivity contribution in [3.63, 3.8) is 0 Å². The van der Waals surface area contributed by atoms with E-state index in [1.54, 1.807) is 78.9 Å². The van der Waals surface area contributed by atoms with Crippen LogP contribution in [0.5, 0.6) is 0 Å². The zero-order chi connectivity index (χ0) is 34.7. The molecular weight excluding hydrogens is 694 g/mol. The zero-order valence-corrected chi connectivity index (χ0v) is 28.9. The zero-order valence-electron chi connectivity index (χ0n) is 25.9. The summed E-state index contributed by atoms with van der Waals surface area (Å²) in [5, 5.41) is 20.2. The molecule has 0 amide bonds. The molecule has 0 saturated carbocycles. The highest BCUT2D eigenvalue weighted by molar-refractivity contribution is 6.35. The van der Waals surface area contributed by atoms with Gasteiger partial charge in [-0.2, -0.15) is 10.2 Å². The van der Waals surface area contributed by atoms with E-state index in [0.29, 0.717) is 42.6 Å². The van der Waals surface area contributed by atoms with E-state index in [4.69, 9.17) is 60.6 Å². The number of esters is 3. The predicted molar refractivity (Wildman–Crippen MR) is 177 cm³/mol. The van der Waals surface area contributed by atoms with E-state index in [1.807, 2.05) is 0 Å². The van der Waals surface area contributed by atoms with Crippen molar-refractivity contribution in [2.24, 2.45) is 0 Å². The Hall–Kier alpha value is -4.03. The lowest BCUT2D eigenvalue weighted by molar-refractivity contribution is -0.177. The monoisotopic (exact) mass is 722 g/mol. The van der Waals surface area contributed by atoms with Gasteiger partial charge in [0.05, 0.1) is 46.8 Å². The number of nitrogens with zero attached hydrogens (tertiary/aromatic N) is 4. The molecule has 0 atom stereocenters. The van der Waals surface area contributed by atoms with Crippen LogP contribution >= 0.6 is 46.4 Å². The largest absolute Gasteiger partial charge is 0.507 e. The lowest BCUT2D eigenvalue weighted by Crippen LogP contribution is -2.39. The first-order valence-corrected chi connectivity index (χ1v) is 15.6. The molecular formula is C32H30Cl4N4O7. The number of cyclic esters (lactones) is 1. The molecule has 1 N–H and O–H groups in total. The first kappa shape index (κ1) is 35.8. The topological polar surface area (TPSA) is 135 Å². The Kier molecular flexibility index (Phi) is 11.0. The van der Waals surface area contributed by atoms with Gasteiger partial charge in [0.2, 0.25) is 5.60 Å². The maximum atomic E-state index is 12.2. The lowest BCUT2D eigenvalue weighted by atomic mass is 9.99. The van der Waals surface area contributed by atoms with Crippen molar-refractivity contribution < 1.29 is 33.7 Å². The summed E-state index contributed by atoms with van der Waals surface area (Å²) >= 11 is 24.1. The van der Waals surface area contributed by atoms with Gasteiger partial charge in [0.1, 0.15) is 5.57 Å². The summed E-state index contributed by atoms with van der Waals surface area (Å²) in [5.41, 5.74) is -0.0785. The Morgan fingerprint density at radius 2 is 1.49 bits per heavy atom. The molecule has 248 valence electrons. The minimum Gasteiger partial charge on any atom is -0.507 e. The Bertz CT molecular complexity index is 1860. The summed E-state index contributed by atoms with van der Waals surface area (Å²) in [7, 11) is 0. The summed E-state index contributed by atoms with van der Waals surface area (Å²) in [5.74, 6) is -1.94. The van der Waals surface area contributed by atoms with E-state index in [9.17, 15) is 19.5 Å². The SMILES string of the molecule is CC1(C)OC(=O)C(c2cc(-n3cc(Cl)cn3)ccc2Cl)=C1O.CCOC(=O)C(C)(C)OC(=O)Cc1cc(-n2cc(Cl)cn2)ccc1Cl. The van der Waals surface area contributed by atoms with Crippen LogP contribution in [0.4, 0.5) is 0 Å². The number of aliphatic hydroxyl groups is 1. The predicted octanol–water partition coefficient (Wildman–Crippen LogP) is 7.39. The molecule has 0 fully saturated rings. The van der Waals surface area contributed by atoms with E-state index in [2.05, 4.69) is 10.2 Å². The number of hydrogen-bond donors (Lipinski definition) is 1. The van der Waals surface area contributed by atoms with Crippen molar-refractivity contribution in [2.75, 3.05) is 6.61 Å². The molecule has 0 spiro atoms. The molecule has 1 aliphatic heterocycles. The van der Waals surface area contributed by atoms with Crippen LogP contribution in [0.3, 0.4) is 0 Å². The second-order valence-corrected chi connectivity index (χ2v) is 12.8. The second-order valence-electron chi connectivity index (χ2n) is 11.2. The summed E-state index contributed by atoms with van der Waals surface area (Å²) in [6.07, 6.45) is 6.17. The normalized spacial score (nSPS) is 13.9. The van der Waals surface area contributed by atoms with Crippen LogP contribution in [0.2, 0.25) is 20.1 Å². The minimum atomic E-state index is -1.37. The maximum absolute atomic E-state index is 12.2. The van der Waals surface area contributed by atoms with Gasteiger partial charge in [-0.25, -0.2) is 19.0 Å². The lowest BCUT2D eigenvalue weighted by Gasteiger charge is -2.22. The molecule has 0 saturated heterocycles. The number of hydrogen-bond acceptors (Lipinski definition) is 9. The fraction of sp³-hybridized carbons (Fsp3) is 0.281. The van der Waals surface area contributed by atoms with Gasteiger partial charge in [-0.3, -0.25) is 4.79 Å². The van der Waals surface area contributed by atoms with Crippen LogP contribution in [0.25, 0.3) is 16.9 Å². The highest BCUT2D eigenvalue weighted by Crippen LogP contribution is 2.39. The van der Waals surface area contributed by atoms with Gasteiger partial charge in [-0.15, -0.1) is 0 Å². The van der Waals surface area contributed by atoms with Gasteiger partial charge < -0.3 is 19.3 Å². The smallest absolute Gasteiger partial charge is 0.349 e. The van der Waals surface area contributed by atoms with Crippen LogP contribution in [0, 0.1) is 0 Å². The van der Waals surface area contributed by atoms with Gasteiger partial charge in [0.25, 0.3) is 0 Å². The number of carbonyl (C=O) groups excluding carboxylic acids is 3. The highest BCUT2D eigenvalue weighted by atomic mass is 35.5. The summed E-state index contributed by atoms with van der Waals surface area (Å²) in [6.45, 7) is 8.07. The van der Waals surface area contributed by atoms with Crippen LogP contribution in [-0.4, -0.2) is 60.4 Å². The molecule has 3 heterocycles. The fourth-order valence-electron chi connectivity index (χ4n) is 4.36. The van der Waals surface area contributed by atoms with Gasteiger partial charge in [0.15, 0.2) is 11.4 Å². The van der Waals surface area contributed by atoms with Gasteiger partial charge >= 0.3 is 17.9 Å². The summed E-state index contributed by atoms with van der Waals surface area (Å²) in [6, 6.07) is 10.1. The fourth-order valence-corrected chi connectivity index (χ4v) is 5.03. The minimum absolute atomic E-state index is 0.0649. The van der Waals surface area contributed by atoms with E-state index in [1.165, 1.54) is 26.2 Å². The summed E-state index contributed by atoms with van der Waals surface area (Å²) < 4.78 is 18.4. The molecule has 2 aromatic carbocycles. The van der Waals surface area contributed by atoms with E-state index in [0.717, 1.165) is 0 Å². The van der Waals surface area contributed by atoms with Gasteiger partial charge in [-0.1, -0.05) is 46.4 Å².